The molecule has 0 spiro atoms. The summed E-state index contributed by atoms with van der Waals surface area (Å²) in [7, 11) is 0. The zero-order valence-corrected chi connectivity index (χ0v) is 20.9. The molecule has 37 heavy (non-hydrogen) atoms. The van der Waals surface area contributed by atoms with E-state index in [0.717, 1.165) is 18.2 Å². The SMILES string of the molecule is CCn1ccc([C@@H](NC(=O)Oc2ccc3cnc(NC4CCOCC4)nc3c2)c2ccc(Cl)c(F)c2)n1. The van der Waals surface area contributed by atoms with Crippen LogP contribution in [0.1, 0.15) is 37.1 Å². The fraction of sp³-hybridized carbons (Fsp3) is 0.308. The molecule has 1 saturated heterocycles. The lowest BCUT2D eigenvalue weighted by Crippen LogP contribution is -2.32. The number of carbonyl (C=O) groups is 1. The monoisotopic (exact) mass is 524 g/mol. The van der Waals surface area contributed by atoms with Crippen molar-refractivity contribution in [3.8, 4) is 5.75 Å². The minimum absolute atomic E-state index is 0.00648. The Hall–Kier alpha value is -3.76. The van der Waals surface area contributed by atoms with E-state index in [1.807, 2.05) is 6.92 Å². The maximum Gasteiger partial charge on any atom is 0.413 e. The highest BCUT2D eigenvalue weighted by molar-refractivity contribution is 6.30. The Morgan fingerprint density at radius 2 is 2.08 bits per heavy atom. The zero-order chi connectivity index (χ0) is 25.8. The molecule has 1 aliphatic rings. The van der Waals surface area contributed by atoms with Gasteiger partial charge < -0.3 is 20.1 Å². The van der Waals surface area contributed by atoms with Crippen molar-refractivity contribution in [3.63, 3.8) is 0 Å². The molecule has 4 aromatic rings. The van der Waals surface area contributed by atoms with Gasteiger partial charge in [-0.15, -0.1) is 0 Å². The molecule has 1 amide bonds. The maximum absolute atomic E-state index is 14.2. The number of fused-ring (bicyclic) bond motifs is 1. The lowest BCUT2D eigenvalue weighted by Gasteiger charge is -2.23. The number of amides is 1. The maximum atomic E-state index is 14.2. The smallest absolute Gasteiger partial charge is 0.410 e. The van der Waals surface area contributed by atoms with Crippen molar-refractivity contribution in [3.05, 3.63) is 77.0 Å². The Morgan fingerprint density at radius 3 is 2.84 bits per heavy atom. The van der Waals surface area contributed by atoms with Crippen LogP contribution in [0.15, 0.2) is 54.9 Å². The lowest BCUT2D eigenvalue weighted by atomic mass is 10.0. The standard InChI is InChI=1S/C26H26ClFN6O3/c1-2-34-10-7-22(33-34)24(16-4-6-20(27)21(28)13-16)32-26(35)37-19-5-3-17-15-29-25(31-23(17)14-19)30-18-8-11-36-12-9-18/h3-7,10,13-15,18,24H,2,8-9,11-12H2,1H3,(H,32,35)(H,29,30,31)/t24-/m0/s1. The fourth-order valence-electron chi connectivity index (χ4n) is 4.14. The van der Waals surface area contributed by atoms with Crippen LogP contribution >= 0.6 is 11.6 Å². The van der Waals surface area contributed by atoms with E-state index in [0.29, 0.717) is 48.2 Å². The van der Waals surface area contributed by atoms with Crippen molar-refractivity contribution in [2.75, 3.05) is 18.5 Å². The summed E-state index contributed by atoms with van der Waals surface area (Å²) < 4.78 is 26.9. The molecule has 2 aromatic heterocycles. The Labute approximate surface area is 218 Å². The minimum Gasteiger partial charge on any atom is -0.410 e. The van der Waals surface area contributed by atoms with Gasteiger partial charge in [-0.1, -0.05) is 17.7 Å². The molecule has 0 saturated carbocycles. The van der Waals surface area contributed by atoms with Gasteiger partial charge in [0.05, 0.1) is 16.2 Å². The number of nitrogens with zero attached hydrogens (tertiary/aromatic N) is 4. The summed E-state index contributed by atoms with van der Waals surface area (Å²) >= 11 is 5.86. The van der Waals surface area contributed by atoms with E-state index in [-0.39, 0.29) is 11.1 Å². The average Bonchev–Trinajstić information content (AvgIpc) is 3.38. The van der Waals surface area contributed by atoms with Gasteiger partial charge in [0.25, 0.3) is 0 Å². The van der Waals surface area contributed by atoms with E-state index in [1.165, 1.54) is 12.1 Å². The summed E-state index contributed by atoms with van der Waals surface area (Å²) in [5, 5.41) is 11.4. The molecule has 2 N–H and O–H groups in total. The minimum atomic E-state index is -0.745. The van der Waals surface area contributed by atoms with Crippen LogP contribution in [0.3, 0.4) is 0 Å². The van der Waals surface area contributed by atoms with E-state index in [4.69, 9.17) is 21.1 Å². The first-order valence-corrected chi connectivity index (χ1v) is 12.4. The number of carbonyl (C=O) groups excluding carboxylic acids is 1. The van der Waals surface area contributed by atoms with Gasteiger partial charge in [-0.05, 0) is 55.7 Å². The Bertz CT molecular complexity index is 1410. The van der Waals surface area contributed by atoms with Crippen molar-refractivity contribution < 1.29 is 18.7 Å². The van der Waals surface area contributed by atoms with Crippen LogP contribution in [0.5, 0.6) is 5.75 Å². The van der Waals surface area contributed by atoms with Gasteiger partial charge in [-0.3, -0.25) is 4.68 Å². The van der Waals surface area contributed by atoms with Gasteiger partial charge in [-0.2, -0.15) is 5.10 Å². The third kappa shape index (κ3) is 5.98. The third-order valence-corrected chi connectivity index (χ3v) is 6.45. The molecule has 0 unspecified atom stereocenters. The second kappa shape index (κ2) is 11.1. The summed E-state index contributed by atoms with van der Waals surface area (Å²) in [4.78, 5) is 21.9. The van der Waals surface area contributed by atoms with E-state index in [1.54, 1.807) is 47.4 Å². The number of rotatable bonds is 7. The van der Waals surface area contributed by atoms with Gasteiger partial charge >= 0.3 is 6.09 Å². The first kappa shape index (κ1) is 24.9. The number of nitrogens with one attached hydrogen (secondary N) is 2. The highest BCUT2D eigenvalue weighted by Crippen LogP contribution is 2.26. The van der Waals surface area contributed by atoms with Crippen molar-refractivity contribution in [2.24, 2.45) is 0 Å². The van der Waals surface area contributed by atoms with Crippen molar-refractivity contribution in [2.45, 2.75) is 38.4 Å². The molecule has 0 bridgehead atoms. The van der Waals surface area contributed by atoms with Crippen LogP contribution in [0, 0.1) is 5.82 Å². The number of aromatic nitrogens is 4. The lowest BCUT2D eigenvalue weighted by molar-refractivity contribution is 0.0903. The molecule has 192 valence electrons. The zero-order valence-electron chi connectivity index (χ0n) is 20.2. The Balaban J connectivity index is 1.34. The first-order chi connectivity index (χ1) is 18.0. The highest BCUT2D eigenvalue weighted by atomic mass is 35.5. The number of aryl methyl sites for hydroxylation is 1. The average molecular weight is 525 g/mol. The summed E-state index contributed by atoms with van der Waals surface area (Å²) in [6.45, 7) is 4.01. The molecule has 1 fully saturated rings. The second-order valence-electron chi connectivity index (χ2n) is 8.68. The predicted octanol–water partition coefficient (Wildman–Crippen LogP) is 5.11. The molecule has 0 radical (unpaired) electrons. The predicted molar refractivity (Wildman–Crippen MR) is 137 cm³/mol. The molecule has 0 aliphatic carbocycles. The van der Waals surface area contributed by atoms with Gasteiger partial charge in [0.15, 0.2) is 0 Å². The van der Waals surface area contributed by atoms with E-state index >= 15 is 0 Å². The van der Waals surface area contributed by atoms with Crippen LogP contribution in [0.2, 0.25) is 5.02 Å². The number of hydrogen-bond donors (Lipinski definition) is 2. The number of halogens is 2. The number of anilines is 1. The van der Waals surface area contributed by atoms with Crippen LogP contribution in [-0.4, -0.2) is 45.1 Å². The summed E-state index contributed by atoms with van der Waals surface area (Å²) in [5.41, 5.74) is 1.65. The van der Waals surface area contributed by atoms with E-state index < -0.39 is 18.0 Å². The van der Waals surface area contributed by atoms with Crippen LogP contribution in [-0.2, 0) is 11.3 Å². The second-order valence-corrected chi connectivity index (χ2v) is 9.09. The summed E-state index contributed by atoms with van der Waals surface area (Å²) in [6.07, 6.45) is 4.57. The van der Waals surface area contributed by atoms with Gasteiger partial charge in [0.1, 0.15) is 17.6 Å². The van der Waals surface area contributed by atoms with Crippen molar-refractivity contribution in [1.29, 1.82) is 0 Å². The van der Waals surface area contributed by atoms with Crippen LogP contribution < -0.4 is 15.4 Å². The number of hydrogen-bond acceptors (Lipinski definition) is 7. The molecular formula is C26H26ClFN6O3. The molecular weight excluding hydrogens is 499 g/mol. The van der Waals surface area contributed by atoms with Crippen molar-refractivity contribution in [1.82, 2.24) is 25.1 Å². The molecule has 1 atom stereocenters. The molecule has 5 rings (SSSR count). The normalized spacial score (nSPS) is 14.9. The first-order valence-electron chi connectivity index (χ1n) is 12.1. The Kier molecular flexibility index (Phi) is 7.47. The summed E-state index contributed by atoms with van der Waals surface area (Å²) in [5.74, 6) is 0.229. The largest absolute Gasteiger partial charge is 0.413 e. The van der Waals surface area contributed by atoms with Crippen molar-refractivity contribution >= 4 is 34.5 Å². The van der Waals surface area contributed by atoms with E-state index in [9.17, 15) is 9.18 Å². The number of benzene rings is 2. The highest BCUT2D eigenvalue weighted by Gasteiger charge is 2.22. The van der Waals surface area contributed by atoms with Gasteiger partial charge in [0.2, 0.25) is 5.95 Å². The molecule has 3 heterocycles. The summed E-state index contributed by atoms with van der Waals surface area (Å²) in [6, 6.07) is 10.8. The van der Waals surface area contributed by atoms with Gasteiger partial charge in [0, 0.05) is 49.6 Å². The van der Waals surface area contributed by atoms with Gasteiger partial charge in [-0.25, -0.2) is 19.2 Å². The molecule has 11 heteroatoms. The van der Waals surface area contributed by atoms with Crippen LogP contribution in [0.25, 0.3) is 10.9 Å². The number of ether oxygens (including phenoxy) is 2. The van der Waals surface area contributed by atoms with Crippen LogP contribution in [0.4, 0.5) is 15.1 Å². The fourth-order valence-corrected chi connectivity index (χ4v) is 4.26. The Morgan fingerprint density at radius 1 is 1.24 bits per heavy atom. The quantitative estimate of drug-likeness (QED) is 0.346. The molecule has 9 nitrogen and oxygen atoms in total. The molecule has 2 aromatic carbocycles. The topological polar surface area (TPSA) is 103 Å². The molecule has 1 aliphatic heterocycles. The third-order valence-electron chi connectivity index (χ3n) is 6.14. The van der Waals surface area contributed by atoms with E-state index in [2.05, 4.69) is 25.7 Å².